The van der Waals surface area contributed by atoms with Gasteiger partial charge in [0.1, 0.15) is 0 Å². The Labute approximate surface area is 167 Å². The van der Waals surface area contributed by atoms with Crippen LogP contribution in [0.1, 0.15) is 0 Å². The smallest absolute Gasteiger partial charge is 0.319 e. The highest BCUT2D eigenvalue weighted by atomic mass is 35.5. The number of benzene rings is 1. The van der Waals surface area contributed by atoms with E-state index in [-0.39, 0.29) is 0 Å². The molecule has 176 valence electrons. The number of non-ortho nitro benzene ring substituents is 1. The van der Waals surface area contributed by atoms with E-state index in [9.17, 15) is 67.6 Å². The number of rotatable bonds is 8. The number of carbonyl (C=O) groups excluding carboxylic acids is 1. The Hall–Kier alpha value is -2.46. The van der Waals surface area contributed by atoms with Gasteiger partial charge in [-0.25, -0.2) is 8.78 Å². The van der Waals surface area contributed by atoms with Crippen LogP contribution in [-0.4, -0.2) is 46.9 Å². The molecule has 0 atom stereocenters. The molecule has 0 spiro atoms. The molecule has 0 saturated heterocycles. The third kappa shape index (κ3) is 4.06. The van der Waals surface area contributed by atoms with Crippen molar-refractivity contribution in [3.63, 3.8) is 0 Å². The Morgan fingerprint density at radius 2 is 1.42 bits per heavy atom. The van der Waals surface area contributed by atoms with E-state index in [1.54, 1.807) is 0 Å². The molecule has 0 aliphatic carbocycles. The summed E-state index contributed by atoms with van der Waals surface area (Å²) in [5, 5.41) is 10.3. The Kier molecular flexibility index (Phi) is 6.78. The molecule has 31 heavy (non-hydrogen) atoms. The van der Waals surface area contributed by atoms with Crippen LogP contribution in [0.4, 0.5) is 64.1 Å². The molecule has 1 aromatic carbocycles. The Bertz CT molecular complexity index is 877. The summed E-state index contributed by atoms with van der Waals surface area (Å²) in [6.07, 6.45) is -5.68. The van der Waals surface area contributed by atoms with E-state index in [1.165, 1.54) is 0 Å². The summed E-state index contributed by atoms with van der Waals surface area (Å²) < 4.78 is 157. The van der Waals surface area contributed by atoms with Crippen molar-refractivity contribution in [1.29, 1.82) is 0 Å². The first-order valence-electron chi connectivity index (χ1n) is 7.08. The Morgan fingerprint density at radius 3 is 1.81 bits per heavy atom. The molecule has 1 amide bonds. The third-order valence-corrected chi connectivity index (χ3v) is 3.89. The molecule has 18 heteroatoms. The first-order valence-corrected chi connectivity index (χ1v) is 7.46. The SMILES string of the molecule is O=C(Nc1ccc([N+](=O)[O-])cc1Cl)C(F)(F)C(F)(F)C(F)(F)C(F)(F)C(F)(F)C(F)F. The van der Waals surface area contributed by atoms with Crippen LogP contribution in [0.5, 0.6) is 0 Å². The van der Waals surface area contributed by atoms with E-state index in [4.69, 9.17) is 11.6 Å². The molecule has 1 rings (SSSR count). The van der Waals surface area contributed by atoms with Crippen molar-refractivity contribution < 1.29 is 62.4 Å². The number of anilines is 1. The number of nitro groups is 1. The molecule has 0 fully saturated rings. The predicted molar refractivity (Wildman–Crippen MR) is 77.5 cm³/mol. The first-order chi connectivity index (χ1) is 13.7. The van der Waals surface area contributed by atoms with Crippen molar-refractivity contribution in [1.82, 2.24) is 0 Å². The molecule has 1 aromatic rings. The number of hydrogen-bond acceptors (Lipinski definition) is 3. The van der Waals surface area contributed by atoms with E-state index in [2.05, 4.69) is 0 Å². The average Bonchev–Trinajstić information content (AvgIpc) is 2.62. The second kappa shape index (κ2) is 7.90. The maximum atomic E-state index is 13.7. The van der Waals surface area contributed by atoms with Gasteiger partial charge >= 0.3 is 41.9 Å². The van der Waals surface area contributed by atoms with Gasteiger partial charge < -0.3 is 5.32 Å². The molecular weight excluding hydrogens is 496 g/mol. The zero-order chi connectivity index (χ0) is 24.8. The zero-order valence-electron chi connectivity index (χ0n) is 13.9. The van der Waals surface area contributed by atoms with Crippen LogP contribution in [-0.2, 0) is 4.79 Å². The summed E-state index contributed by atoms with van der Waals surface area (Å²) in [6, 6.07) is 1.19. The van der Waals surface area contributed by atoms with Gasteiger partial charge in [-0.15, -0.1) is 0 Å². The molecule has 0 bridgehead atoms. The van der Waals surface area contributed by atoms with Crippen LogP contribution >= 0.6 is 11.6 Å². The van der Waals surface area contributed by atoms with Crippen LogP contribution in [0.3, 0.4) is 0 Å². The number of nitrogens with one attached hydrogen (secondary N) is 1. The number of alkyl halides is 12. The Balaban J connectivity index is 3.37. The number of amides is 1. The number of carbonyl (C=O) groups is 1. The zero-order valence-corrected chi connectivity index (χ0v) is 14.7. The van der Waals surface area contributed by atoms with Gasteiger partial charge in [0, 0.05) is 12.1 Å². The lowest BCUT2D eigenvalue weighted by Crippen LogP contribution is -2.70. The second-order valence-electron chi connectivity index (χ2n) is 5.60. The highest BCUT2D eigenvalue weighted by Gasteiger charge is 2.89. The van der Waals surface area contributed by atoms with Gasteiger partial charge in [-0.05, 0) is 6.07 Å². The fourth-order valence-corrected chi connectivity index (χ4v) is 2.03. The van der Waals surface area contributed by atoms with Crippen molar-refractivity contribution in [2.75, 3.05) is 5.32 Å². The lowest BCUT2D eigenvalue weighted by molar-refractivity contribution is -0.406. The monoisotopic (exact) mass is 500 g/mol. The van der Waals surface area contributed by atoms with E-state index in [1.807, 2.05) is 0 Å². The molecule has 0 aromatic heterocycles. The lowest BCUT2D eigenvalue weighted by atomic mass is 9.94. The highest BCUT2D eigenvalue weighted by molar-refractivity contribution is 6.34. The van der Waals surface area contributed by atoms with Crippen molar-refractivity contribution in [2.45, 2.75) is 36.0 Å². The maximum absolute atomic E-state index is 13.7. The van der Waals surface area contributed by atoms with Gasteiger partial charge in [-0.2, -0.15) is 43.9 Å². The second-order valence-corrected chi connectivity index (χ2v) is 6.00. The summed E-state index contributed by atoms with van der Waals surface area (Å²) in [6.45, 7) is 0. The number of halogens is 13. The topological polar surface area (TPSA) is 72.2 Å². The minimum atomic E-state index is -7.87. The molecular formula is C13H5ClF12N2O3. The molecule has 0 aliphatic rings. The van der Waals surface area contributed by atoms with E-state index in [0.717, 1.165) is 5.32 Å². The van der Waals surface area contributed by atoms with Crippen LogP contribution in [0, 0.1) is 10.1 Å². The lowest BCUT2D eigenvalue weighted by Gasteiger charge is -2.38. The van der Waals surface area contributed by atoms with Gasteiger partial charge in [-0.3, -0.25) is 14.9 Å². The summed E-state index contributed by atoms with van der Waals surface area (Å²) in [7, 11) is 0. The van der Waals surface area contributed by atoms with Crippen molar-refractivity contribution >= 4 is 28.9 Å². The van der Waals surface area contributed by atoms with Gasteiger partial charge in [0.05, 0.1) is 15.6 Å². The third-order valence-electron chi connectivity index (χ3n) is 3.57. The van der Waals surface area contributed by atoms with Crippen LogP contribution in [0.25, 0.3) is 0 Å². The number of nitro benzene ring substituents is 1. The van der Waals surface area contributed by atoms with E-state index < -0.39 is 63.3 Å². The van der Waals surface area contributed by atoms with E-state index in [0.29, 0.717) is 18.2 Å². The average molecular weight is 501 g/mol. The molecule has 0 heterocycles. The first kappa shape index (κ1) is 26.6. The fraction of sp³-hybridized carbons (Fsp3) is 0.462. The molecule has 5 nitrogen and oxygen atoms in total. The molecule has 0 saturated carbocycles. The van der Waals surface area contributed by atoms with Crippen LogP contribution in [0.15, 0.2) is 18.2 Å². The maximum Gasteiger partial charge on any atom is 0.393 e. The van der Waals surface area contributed by atoms with Crippen molar-refractivity contribution in [3.05, 3.63) is 33.3 Å². The summed E-state index contributed by atoms with van der Waals surface area (Å²) in [5.74, 6) is -40.9. The van der Waals surface area contributed by atoms with Gasteiger partial charge in [0.15, 0.2) is 0 Å². The number of hydrogen-bond donors (Lipinski definition) is 1. The minimum Gasteiger partial charge on any atom is -0.319 e. The molecule has 0 radical (unpaired) electrons. The fourth-order valence-electron chi connectivity index (χ4n) is 1.80. The number of nitrogens with zero attached hydrogens (tertiary/aromatic N) is 1. The quantitative estimate of drug-likeness (QED) is 0.286. The Morgan fingerprint density at radius 1 is 0.935 bits per heavy atom. The molecule has 1 N–H and O–H groups in total. The minimum absolute atomic E-state index is 0.351. The predicted octanol–water partition coefficient (Wildman–Crippen LogP) is 5.63. The standard InChI is InChI=1S/C13H5ClF12N2O3/c14-5-3-4(28(30)31)1-2-6(5)27-8(29)10(19,20)12(23,24)13(25,26)11(21,22)9(17,18)7(15)16/h1-3,7H,(H,27,29). The van der Waals surface area contributed by atoms with Crippen molar-refractivity contribution in [2.24, 2.45) is 0 Å². The van der Waals surface area contributed by atoms with E-state index >= 15 is 0 Å². The highest BCUT2D eigenvalue weighted by Crippen LogP contribution is 2.58. The van der Waals surface area contributed by atoms with Gasteiger partial charge in [0.25, 0.3) is 5.69 Å². The van der Waals surface area contributed by atoms with Gasteiger partial charge in [-0.1, -0.05) is 11.6 Å². The van der Waals surface area contributed by atoms with Crippen LogP contribution < -0.4 is 5.32 Å². The van der Waals surface area contributed by atoms with Gasteiger partial charge in [0.2, 0.25) is 0 Å². The molecule has 0 unspecified atom stereocenters. The normalized spacial score (nSPS) is 14.0. The van der Waals surface area contributed by atoms with Crippen LogP contribution in [0.2, 0.25) is 5.02 Å². The summed E-state index contributed by atoms with van der Waals surface area (Å²) in [5.41, 5.74) is -1.96. The molecule has 0 aliphatic heterocycles. The largest absolute Gasteiger partial charge is 0.393 e. The summed E-state index contributed by atoms with van der Waals surface area (Å²) in [4.78, 5) is 20.8. The van der Waals surface area contributed by atoms with Crippen molar-refractivity contribution in [3.8, 4) is 0 Å². The summed E-state index contributed by atoms with van der Waals surface area (Å²) >= 11 is 5.34.